The van der Waals surface area contributed by atoms with Gasteiger partial charge in [0, 0.05) is 33.6 Å². The van der Waals surface area contributed by atoms with E-state index in [1.54, 1.807) is 18.3 Å². The molecule has 0 aliphatic carbocycles. The second-order valence-corrected chi connectivity index (χ2v) is 4.80. The van der Waals surface area contributed by atoms with Crippen LogP contribution >= 0.6 is 0 Å². The van der Waals surface area contributed by atoms with Gasteiger partial charge in [0.2, 0.25) is 0 Å². The van der Waals surface area contributed by atoms with Crippen LogP contribution in [0.3, 0.4) is 0 Å². The minimum Gasteiger partial charge on any atom is -0.372 e. The second kappa shape index (κ2) is 3.54. The Labute approximate surface area is 99.3 Å². The van der Waals surface area contributed by atoms with Crippen LogP contribution in [-0.2, 0) is 11.9 Å². The molecule has 2 atom stereocenters. The van der Waals surface area contributed by atoms with Gasteiger partial charge in [-0.1, -0.05) is 0 Å². The van der Waals surface area contributed by atoms with E-state index in [-0.39, 0.29) is 11.6 Å². The molecule has 17 heavy (non-hydrogen) atoms. The summed E-state index contributed by atoms with van der Waals surface area (Å²) in [6.07, 6.45) is 1.76. The van der Waals surface area contributed by atoms with Crippen molar-refractivity contribution in [3.05, 3.63) is 22.1 Å². The lowest BCUT2D eigenvalue weighted by Crippen LogP contribution is -2.42. The number of hydrogen-bond donors (Lipinski definition) is 0. The molecule has 6 heteroatoms. The predicted octanol–water partition coefficient (Wildman–Crippen LogP) is -0.236. The topological polar surface area (TPSA) is 50.6 Å². The Morgan fingerprint density at radius 2 is 2.18 bits per heavy atom. The van der Waals surface area contributed by atoms with Crippen molar-refractivity contribution >= 4 is 5.69 Å². The van der Waals surface area contributed by atoms with E-state index in [2.05, 4.69) is 10.00 Å². The van der Waals surface area contributed by atoms with Crippen LogP contribution in [0.1, 0.15) is 11.6 Å². The van der Waals surface area contributed by atoms with Gasteiger partial charge < -0.3 is 4.90 Å². The fourth-order valence-corrected chi connectivity index (χ4v) is 2.83. The van der Waals surface area contributed by atoms with Crippen molar-refractivity contribution in [2.24, 2.45) is 13.0 Å². The third kappa shape index (κ3) is 1.41. The van der Waals surface area contributed by atoms with Gasteiger partial charge in [0.25, 0.3) is 5.56 Å². The van der Waals surface area contributed by atoms with Crippen molar-refractivity contribution < 1.29 is 4.84 Å². The number of aryl methyl sites for hydroxylation is 1. The molecule has 1 aromatic rings. The van der Waals surface area contributed by atoms with E-state index >= 15 is 0 Å². The maximum absolute atomic E-state index is 12.2. The summed E-state index contributed by atoms with van der Waals surface area (Å²) in [6, 6.07) is 0.0582. The third-order valence-electron chi connectivity index (χ3n) is 3.70. The zero-order chi connectivity index (χ0) is 12.2. The Balaban J connectivity index is 2.23. The molecule has 3 rings (SSSR count). The Hall–Kier alpha value is -1.40. The summed E-state index contributed by atoms with van der Waals surface area (Å²) in [4.78, 5) is 19.9. The first kappa shape index (κ1) is 10.7. The van der Waals surface area contributed by atoms with E-state index < -0.39 is 0 Å². The van der Waals surface area contributed by atoms with E-state index in [1.165, 1.54) is 4.68 Å². The molecule has 92 valence electrons. The van der Waals surface area contributed by atoms with Crippen LogP contribution < -0.4 is 10.5 Å². The SMILES string of the molecule is CN1CC2CON(C)C2c2c1cnn(C)c2=O. The molecule has 0 radical (unpaired) electrons. The van der Waals surface area contributed by atoms with Gasteiger partial charge in [-0.2, -0.15) is 10.2 Å². The van der Waals surface area contributed by atoms with Crippen molar-refractivity contribution in [2.75, 3.05) is 32.1 Å². The molecule has 0 aromatic carbocycles. The molecule has 2 aliphatic heterocycles. The molecular formula is C11H16N4O2. The van der Waals surface area contributed by atoms with Crippen LogP contribution in [0.2, 0.25) is 0 Å². The molecule has 1 fully saturated rings. The predicted molar refractivity (Wildman–Crippen MR) is 62.7 cm³/mol. The fraction of sp³-hybridized carbons (Fsp3) is 0.636. The first-order chi connectivity index (χ1) is 8.09. The largest absolute Gasteiger partial charge is 0.372 e. The highest BCUT2D eigenvalue weighted by atomic mass is 16.7. The number of anilines is 1. The van der Waals surface area contributed by atoms with Gasteiger partial charge in [0.05, 0.1) is 30.1 Å². The van der Waals surface area contributed by atoms with Crippen molar-refractivity contribution in [2.45, 2.75) is 6.04 Å². The molecule has 2 aliphatic rings. The molecular weight excluding hydrogens is 220 g/mol. The summed E-state index contributed by atoms with van der Waals surface area (Å²) in [5.74, 6) is 0.354. The quantitative estimate of drug-likeness (QED) is 0.622. The van der Waals surface area contributed by atoms with Crippen molar-refractivity contribution in [3.8, 4) is 0 Å². The molecule has 1 aromatic heterocycles. The minimum atomic E-state index is -0.0265. The van der Waals surface area contributed by atoms with Crippen molar-refractivity contribution in [1.29, 1.82) is 0 Å². The first-order valence-electron chi connectivity index (χ1n) is 5.72. The number of fused-ring (bicyclic) bond motifs is 3. The summed E-state index contributed by atoms with van der Waals surface area (Å²) in [5, 5.41) is 5.89. The zero-order valence-electron chi connectivity index (χ0n) is 10.3. The normalized spacial score (nSPS) is 28.1. The van der Waals surface area contributed by atoms with Crippen LogP contribution in [0, 0.1) is 5.92 Å². The van der Waals surface area contributed by atoms with Gasteiger partial charge in [-0.25, -0.2) is 4.68 Å². The second-order valence-electron chi connectivity index (χ2n) is 4.80. The van der Waals surface area contributed by atoms with Crippen LogP contribution in [0.5, 0.6) is 0 Å². The molecule has 0 N–H and O–H groups in total. The number of nitrogens with zero attached hydrogens (tertiary/aromatic N) is 4. The average Bonchev–Trinajstić information content (AvgIpc) is 2.65. The summed E-state index contributed by atoms with van der Waals surface area (Å²) in [7, 11) is 5.57. The lowest BCUT2D eigenvalue weighted by Gasteiger charge is -2.35. The smallest absolute Gasteiger partial charge is 0.273 e. The third-order valence-corrected chi connectivity index (χ3v) is 3.70. The van der Waals surface area contributed by atoms with Gasteiger partial charge in [-0.05, 0) is 0 Å². The lowest BCUT2D eigenvalue weighted by atomic mass is 9.90. The Morgan fingerprint density at radius 1 is 1.41 bits per heavy atom. The summed E-state index contributed by atoms with van der Waals surface area (Å²) >= 11 is 0. The number of hydrogen-bond acceptors (Lipinski definition) is 5. The average molecular weight is 236 g/mol. The van der Waals surface area contributed by atoms with Crippen LogP contribution in [0.15, 0.2) is 11.0 Å². The fourth-order valence-electron chi connectivity index (χ4n) is 2.83. The molecule has 0 saturated carbocycles. The molecule has 0 spiro atoms. The van der Waals surface area contributed by atoms with Crippen molar-refractivity contribution in [1.82, 2.24) is 14.8 Å². The standard InChI is InChI=1S/C11H16N4O2/c1-13-5-7-6-17-15(3)10(7)9-8(13)4-12-14(2)11(9)16/h4,7,10H,5-6H2,1-3H3. The molecule has 1 saturated heterocycles. The lowest BCUT2D eigenvalue weighted by molar-refractivity contribution is -0.110. The number of aromatic nitrogens is 2. The first-order valence-corrected chi connectivity index (χ1v) is 5.72. The van der Waals surface area contributed by atoms with Gasteiger partial charge >= 0.3 is 0 Å². The number of hydroxylamine groups is 2. The van der Waals surface area contributed by atoms with Gasteiger partial charge in [-0.15, -0.1) is 0 Å². The maximum atomic E-state index is 12.2. The Kier molecular flexibility index (Phi) is 2.24. The summed E-state index contributed by atoms with van der Waals surface area (Å²) < 4.78 is 1.39. The summed E-state index contributed by atoms with van der Waals surface area (Å²) in [6.45, 7) is 1.58. The number of rotatable bonds is 0. The minimum absolute atomic E-state index is 0.0265. The molecule has 2 unspecified atom stereocenters. The van der Waals surface area contributed by atoms with Gasteiger partial charge in [0.15, 0.2) is 0 Å². The highest BCUT2D eigenvalue weighted by Gasteiger charge is 2.42. The molecule has 3 heterocycles. The van der Waals surface area contributed by atoms with Gasteiger partial charge in [-0.3, -0.25) is 9.63 Å². The maximum Gasteiger partial charge on any atom is 0.273 e. The van der Waals surface area contributed by atoms with Crippen molar-refractivity contribution in [3.63, 3.8) is 0 Å². The van der Waals surface area contributed by atoms with E-state index in [9.17, 15) is 4.79 Å². The Bertz CT molecular complexity index is 513. The van der Waals surface area contributed by atoms with E-state index in [4.69, 9.17) is 4.84 Å². The van der Waals surface area contributed by atoms with Crippen LogP contribution in [-0.4, -0.2) is 42.1 Å². The van der Waals surface area contributed by atoms with Crippen LogP contribution in [0.4, 0.5) is 5.69 Å². The summed E-state index contributed by atoms with van der Waals surface area (Å²) in [5.41, 5.74) is 1.70. The van der Waals surface area contributed by atoms with Gasteiger partial charge in [0.1, 0.15) is 0 Å². The molecule has 6 nitrogen and oxygen atoms in total. The Morgan fingerprint density at radius 3 is 2.94 bits per heavy atom. The van der Waals surface area contributed by atoms with E-state index in [0.717, 1.165) is 17.8 Å². The zero-order valence-corrected chi connectivity index (χ0v) is 10.3. The van der Waals surface area contributed by atoms with Crippen LogP contribution in [0.25, 0.3) is 0 Å². The molecule has 0 bridgehead atoms. The monoisotopic (exact) mass is 236 g/mol. The highest BCUT2D eigenvalue weighted by Crippen LogP contribution is 2.40. The molecule has 0 amide bonds. The van der Waals surface area contributed by atoms with E-state index in [0.29, 0.717) is 12.5 Å². The highest BCUT2D eigenvalue weighted by molar-refractivity contribution is 5.54. The van der Waals surface area contributed by atoms with E-state index in [1.807, 2.05) is 14.1 Å².